The molecule has 1 unspecified atom stereocenters. The van der Waals surface area contributed by atoms with Crippen molar-refractivity contribution in [2.45, 2.75) is 37.6 Å². The van der Waals surface area contributed by atoms with Crippen molar-refractivity contribution in [2.75, 3.05) is 12.9 Å². The predicted octanol–water partition coefficient (Wildman–Crippen LogP) is 2.75. The van der Waals surface area contributed by atoms with E-state index in [1.165, 1.54) is 18.3 Å². The second-order valence-electron chi connectivity index (χ2n) is 7.78. The van der Waals surface area contributed by atoms with E-state index in [9.17, 15) is 13.2 Å². The first kappa shape index (κ1) is 22.6. The number of carbonyl (C=O) groups is 1. The van der Waals surface area contributed by atoms with Crippen LogP contribution in [-0.4, -0.2) is 37.9 Å². The van der Waals surface area contributed by atoms with Gasteiger partial charge in [0.2, 0.25) is 5.88 Å². The molecule has 1 heterocycles. The van der Waals surface area contributed by atoms with Crippen LogP contribution < -0.4 is 20.9 Å². The highest BCUT2D eigenvalue weighted by atomic mass is 32.2. The number of nitrogens with zero attached hydrogens (tertiary/aromatic N) is 1. The molecule has 0 spiro atoms. The van der Waals surface area contributed by atoms with Gasteiger partial charge in [0.15, 0.2) is 9.84 Å². The molecular weight excluding hydrogens is 394 g/mol. The molecule has 0 radical (unpaired) electrons. The van der Waals surface area contributed by atoms with Crippen LogP contribution in [0, 0.1) is 5.92 Å². The third-order valence-electron chi connectivity index (χ3n) is 4.05. The van der Waals surface area contributed by atoms with Crippen LogP contribution in [-0.2, 0) is 9.84 Å². The van der Waals surface area contributed by atoms with Crippen LogP contribution in [0.25, 0.3) is 11.1 Å². The summed E-state index contributed by atoms with van der Waals surface area (Å²) in [7, 11) is -3.57. The molecule has 0 saturated carbocycles. The number of pyridine rings is 1. The Morgan fingerprint density at radius 2 is 1.86 bits per heavy atom. The molecular formula is C20H27N3O5S. The number of carbonyl (C=O) groups excluding carboxylic acids is 1. The number of benzene rings is 1. The van der Waals surface area contributed by atoms with Crippen LogP contribution in [0.15, 0.2) is 41.4 Å². The molecule has 0 fully saturated rings. The van der Waals surface area contributed by atoms with Gasteiger partial charge in [0.1, 0.15) is 17.3 Å². The van der Waals surface area contributed by atoms with E-state index < -0.39 is 21.5 Å². The van der Waals surface area contributed by atoms with Gasteiger partial charge in [-0.1, -0.05) is 19.9 Å². The zero-order valence-electron chi connectivity index (χ0n) is 17.0. The van der Waals surface area contributed by atoms with Crippen molar-refractivity contribution in [3.8, 4) is 22.8 Å². The molecule has 2 aromatic rings. The van der Waals surface area contributed by atoms with E-state index in [2.05, 4.69) is 18.8 Å². The maximum absolute atomic E-state index is 12.3. The van der Waals surface area contributed by atoms with Gasteiger partial charge in [-0.05, 0) is 48.6 Å². The molecule has 0 aliphatic heterocycles. The van der Waals surface area contributed by atoms with Crippen molar-refractivity contribution in [1.29, 1.82) is 0 Å². The van der Waals surface area contributed by atoms with Crippen molar-refractivity contribution >= 4 is 15.9 Å². The smallest absolute Gasteiger partial charge is 0.411 e. The minimum Gasteiger partial charge on any atom is -0.490 e. The lowest BCUT2D eigenvalue weighted by Gasteiger charge is -2.27. The largest absolute Gasteiger partial charge is 0.490 e. The summed E-state index contributed by atoms with van der Waals surface area (Å²) in [5.41, 5.74) is 11.9. The number of ether oxygens (including phenoxy) is 2. The van der Waals surface area contributed by atoms with E-state index in [0.29, 0.717) is 17.0 Å². The van der Waals surface area contributed by atoms with E-state index in [0.717, 1.165) is 12.7 Å². The maximum Gasteiger partial charge on any atom is 0.411 e. The lowest BCUT2D eigenvalue weighted by Crippen LogP contribution is -2.43. The van der Waals surface area contributed by atoms with Crippen molar-refractivity contribution in [2.24, 2.45) is 17.4 Å². The van der Waals surface area contributed by atoms with Gasteiger partial charge in [0.25, 0.3) is 0 Å². The first-order valence-electron chi connectivity index (χ1n) is 9.07. The molecule has 158 valence electrons. The van der Waals surface area contributed by atoms with Gasteiger partial charge in [0, 0.05) is 24.1 Å². The van der Waals surface area contributed by atoms with E-state index >= 15 is 0 Å². The van der Waals surface area contributed by atoms with Crippen molar-refractivity contribution in [1.82, 2.24) is 4.98 Å². The summed E-state index contributed by atoms with van der Waals surface area (Å²) in [4.78, 5) is 14.9. The van der Waals surface area contributed by atoms with Gasteiger partial charge in [-0.25, -0.2) is 18.2 Å². The highest BCUT2D eigenvalue weighted by Crippen LogP contribution is 2.31. The minimum atomic E-state index is -3.57. The average Bonchev–Trinajstić information content (AvgIpc) is 2.57. The predicted molar refractivity (Wildman–Crippen MR) is 111 cm³/mol. The molecule has 0 aliphatic rings. The number of rotatable bonds is 8. The summed E-state index contributed by atoms with van der Waals surface area (Å²) in [5, 5.41) is 0. The molecule has 1 aromatic heterocycles. The van der Waals surface area contributed by atoms with Gasteiger partial charge in [-0.15, -0.1) is 0 Å². The Labute approximate surface area is 171 Å². The molecule has 8 nitrogen and oxygen atoms in total. The Balaban J connectivity index is 2.37. The first-order chi connectivity index (χ1) is 13.4. The zero-order valence-corrected chi connectivity index (χ0v) is 17.8. The average molecular weight is 422 g/mol. The summed E-state index contributed by atoms with van der Waals surface area (Å²) in [6, 6.07) is 7.96. The fourth-order valence-corrected chi connectivity index (χ4v) is 3.91. The summed E-state index contributed by atoms with van der Waals surface area (Å²) in [6.45, 7) is 6.18. The van der Waals surface area contributed by atoms with Gasteiger partial charge >= 0.3 is 6.09 Å². The Hall–Kier alpha value is -2.65. The number of amides is 1. The summed E-state index contributed by atoms with van der Waals surface area (Å²) < 4.78 is 35.3. The molecule has 29 heavy (non-hydrogen) atoms. The molecule has 4 N–H and O–H groups in total. The molecule has 0 aliphatic carbocycles. The Kier molecular flexibility index (Phi) is 6.86. The quantitative estimate of drug-likeness (QED) is 0.669. The van der Waals surface area contributed by atoms with Crippen LogP contribution >= 0.6 is 0 Å². The lowest BCUT2D eigenvalue weighted by atomic mass is 9.93. The van der Waals surface area contributed by atoms with Crippen LogP contribution in [0.5, 0.6) is 11.6 Å². The van der Waals surface area contributed by atoms with Crippen LogP contribution in [0.3, 0.4) is 0 Å². The number of aromatic nitrogens is 1. The van der Waals surface area contributed by atoms with E-state index in [-0.39, 0.29) is 23.1 Å². The molecule has 1 amide bonds. The van der Waals surface area contributed by atoms with E-state index in [1.54, 1.807) is 18.2 Å². The second-order valence-corrected chi connectivity index (χ2v) is 9.76. The van der Waals surface area contributed by atoms with Crippen LogP contribution in [0.4, 0.5) is 4.79 Å². The lowest BCUT2D eigenvalue weighted by molar-refractivity contribution is 0.203. The highest BCUT2D eigenvalue weighted by molar-refractivity contribution is 7.90. The Morgan fingerprint density at radius 1 is 1.21 bits per heavy atom. The van der Waals surface area contributed by atoms with Gasteiger partial charge in [-0.2, -0.15) is 0 Å². The molecule has 0 bridgehead atoms. The summed E-state index contributed by atoms with van der Waals surface area (Å²) >= 11 is 0. The molecule has 0 saturated heterocycles. The molecule has 1 atom stereocenters. The van der Waals surface area contributed by atoms with Crippen LogP contribution in [0.2, 0.25) is 0 Å². The standard InChI is InChI=1S/C20H27N3O5S/c1-13(2)11-20(3,22)12-27-16-6-5-14(9-17(16)29(4,25)26)15-7-8-23-18(10-15)28-19(21)24/h5-10,13H,11-12,22H2,1-4H3,(H2,21,24). The SMILES string of the molecule is CC(C)CC(C)(N)COc1ccc(-c2ccnc(OC(N)=O)c2)cc1S(C)(=O)=O. The fraction of sp³-hybridized carbons (Fsp3) is 0.400. The van der Waals surface area contributed by atoms with Crippen molar-refractivity contribution < 1.29 is 22.7 Å². The molecule has 2 rings (SSSR count). The first-order valence-corrected chi connectivity index (χ1v) is 11.0. The second kappa shape index (κ2) is 8.79. The van der Waals surface area contributed by atoms with Crippen molar-refractivity contribution in [3.05, 3.63) is 36.5 Å². The van der Waals surface area contributed by atoms with E-state index in [4.69, 9.17) is 20.9 Å². The Bertz CT molecular complexity index is 987. The highest BCUT2D eigenvalue weighted by Gasteiger charge is 2.23. The number of sulfone groups is 1. The van der Waals surface area contributed by atoms with Gasteiger partial charge in [0.05, 0.1) is 0 Å². The van der Waals surface area contributed by atoms with Gasteiger partial charge in [-0.3, -0.25) is 0 Å². The van der Waals surface area contributed by atoms with E-state index in [1.807, 2.05) is 6.92 Å². The molecule has 1 aromatic carbocycles. The zero-order chi connectivity index (χ0) is 21.8. The minimum absolute atomic E-state index is 0.0174. The third kappa shape index (κ3) is 6.72. The van der Waals surface area contributed by atoms with Crippen LogP contribution in [0.1, 0.15) is 27.2 Å². The number of hydrogen-bond acceptors (Lipinski definition) is 7. The van der Waals surface area contributed by atoms with Crippen molar-refractivity contribution in [3.63, 3.8) is 0 Å². The topological polar surface area (TPSA) is 135 Å². The summed E-state index contributed by atoms with van der Waals surface area (Å²) in [6.07, 6.45) is 2.30. The Morgan fingerprint density at radius 3 is 2.45 bits per heavy atom. The van der Waals surface area contributed by atoms with Gasteiger partial charge < -0.3 is 20.9 Å². The molecule has 9 heteroatoms. The normalized spacial score (nSPS) is 13.7. The third-order valence-corrected chi connectivity index (χ3v) is 5.17. The maximum atomic E-state index is 12.3. The number of primary amides is 1. The monoisotopic (exact) mass is 421 g/mol. The summed E-state index contributed by atoms with van der Waals surface area (Å²) in [5.74, 6) is 0.636. The number of hydrogen-bond donors (Lipinski definition) is 2. The fourth-order valence-electron chi connectivity index (χ4n) is 3.08. The number of nitrogens with two attached hydrogens (primary N) is 2.